The molecule has 1 aliphatic heterocycles. The molecule has 0 saturated carbocycles. The molecule has 1 heterocycles. The highest BCUT2D eigenvalue weighted by Crippen LogP contribution is 2.53. The third kappa shape index (κ3) is 2.04. The van der Waals surface area contributed by atoms with E-state index in [4.69, 9.17) is 9.47 Å². The van der Waals surface area contributed by atoms with Crippen LogP contribution in [0, 0.1) is 0 Å². The topological polar surface area (TPSA) is 62.2 Å². The molecule has 2 N–H and O–H groups in total. The number of phenolic OH excluding ortho intramolecular Hbond substituents is 2. The Hall–Kier alpha value is -2.40. The number of hydrogen-bond donors (Lipinski definition) is 2. The van der Waals surface area contributed by atoms with Gasteiger partial charge in [0.05, 0.1) is 14.2 Å². The molecular weight excluding hydrogens is 306 g/mol. The van der Waals surface area contributed by atoms with Gasteiger partial charge < -0.3 is 24.6 Å². The summed E-state index contributed by atoms with van der Waals surface area (Å²) in [5, 5.41) is 20.9. The van der Waals surface area contributed by atoms with Crippen molar-refractivity contribution >= 4 is 0 Å². The fraction of sp³-hybridized carbons (Fsp3) is 0.368. The number of nitrogens with zero attached hydrogens (tertiary/aromatic N) is 1. The van der Waals surface area contributed by atoms with Gasteiger partial charge in [-0.15, -0.1) is 0 Å². The first-order valence-corrected chi connectivity index (χ1v) is 8.05. The normalized spacial score (nSPS) is 18.7. The van der Waals surface area contributed by atoms with Crippen LogP contribution in [0.15, 0.2) is 18.2 Å². The summed E-state index contributed by atoms with van der Waals surface area (Å²) in [5.41, 5.74) is 5.15. The van der Waals surface area contributed by atoms with Gasteiger partial charge in [-0.25, -0.2) is 0 Å². The Morgan fingerprint density at radius 3 is 2.50 bits per heavy atom. The molecule has 126 valence electrons. The molecule has 0 fully saturated rings. The van der Waals surface area contributed by atoms with Gasteiger partial charge in [0.15, 0.2) is 23.0 Å². The molecule has 24 heavy (non-hydrogen) atoms. The lowest BCUT2D eigenvalue weighted by atomic mass is 9.74. The van der Waals surface area contributed by atoms with Crippen LogP contribution in [0.3, 0.4) is 0 Å². The van der Waals surface area contributed by atoms with Gasteiger partial charge in [-0.05, 0) is 53.9 Å². The number of likely N-dealkylation sites (N-methyl/N-ethyl adjacent to an activating group) is 1. The van der Waals surface area contributed by atoms with E-state index < -0.39 is 0 Å². The summed E-state index contributed by atoms with van der Waals surface area (Å²) in [7, 11) is 5.20. The van der Waals surface area contributed by atoms with Gasteiger partial charge in [0, 0.05) is 24.6 Å². The van der Waals surface area contributed by atoms with E-state index in [-0.39, 0.29) is 11.5 Å². The Bertz CT molecular complexity index is 831. The fourth-order valence-electron chi connectivity index (χ4n) is 4.17. The van der Waals surface area contributed by atoms with Crippen molar-refractivity contribution in [1.29, 1.82) is 0 Å². The van der Waals surface area contributed by atoms with Crippen molar-refractivity contribution in [3.05, 3.63) is 34.9 Å². The van der Waals surface area contributed by atoms with Gasteiger partial charge in [0.2, 0.25) is 0 Å². The summed E-state index contributed by atoms with van der Waals surface area (Å²) in [5.74, 6) is 1.49. The third-order valence-corrected chi connectivity index (χ3v) is 5.13. The second-order valence-corrected chi connectivity index (χ2v) is 6.65. The fourth-order valence-corrected chi connectivity index (χ4v) is 4.17. The molecule has 4 rings (SSSR count). The van der Waals surface area contributed by atoms with E-state index in [9.17, 15) is 10.2 Å². The quantitative estimate of drug-likeness (QED) is 0.888. The minimum absolute atomic E-state index is 0.131. The standard InChI is InChI=1S/C19H21NO4/c1-20-8-11-4-10-5-14(21)15(23-2)7-13(10)18-17(11)12(9-20)6-16(24-3)19(18)22/h5-7,11,21-22H,4,8-9H2,1-3H3. The van der Waals surface area contributed by atoms with Gasteiger partial charge in [0.25, 0.3) is 0 Å². The van der Waals surface area contributed by atoms with Crippen molar-refractivity contribution in [2.75, 3.05) is 27.8 Å². The summed E-state index contributed by atoms with van der Waals surface area (Å²) in [6, 6.07) is 5.51. The van der Waals surface area contributed by atoms with Crippen LogP contribution in [0.1, 0.15) is 22.6 Å². The number of rotatable bonds is 2. The summed E-state index contributed by atoms with van der Waals surface area (Å²) < 4.78 is 10.7. The van der Waals surface area contributed by atoms with Gasteiger partial charge >= 0.3 is 0 Å². The van der Waals surface area contributed by atoms with Gasteiger partial charge in [-0.3, -0.25) is 0 Å². The third-order valence-electron chi connectivity index (χ3n) is 5.13. The van der Waals surface area contributed by atoms with Gasteiger partial charge in [0.1, 0.15) is 0 Å². The summed E-state index contributed by atoms with van der Waals surface area (Å²) in [6.07, 6.45) is 0.836. The molecule has 1 atom stereocenters. The van der Waals surface area contributed by atoms with Crippen molar-refractivity contribution in [2.24, 2.45) is 0 Å². The molecule has 2 aromatic rings. The minimum Gasteiger partial charge on any atom is -0.504 e. The van der Waals surface area contributed by atoms with E-state index in [1.807, 2.05) is 12.1 Å². The van der Waals surface area contributed by atoms with Crippen molar-refractivity contribution < 1.29 is 19.7 Å². The summed E-state index contributed by atoms with van der Waals surface area (Å²) >= 11 is 0. The van der Waals surface area contributed by atoms with E-state index in [0.717, 1.165) is 36.2 Å². The van der Waals surface area contributed by atoms with Crippen molar-refractivity contribution in [2.45, 2.75) is 18.9 Å². The molecular formula is C19H21NO4. The van der Waals surface area contributed by atoms with E-state index in [2.05, 4.69) is 11.9 Å². The van der Waals surface area contributed by atoms with Crippen LogP contribution in [-0.2, 0) is 13.0 Å². The first-order valence-electron chi connectivity index (χ1n) is 8.05. The maximum absolute atomic E-state index is 10.8. The number of benzene rings is 2. The molecule has 0 aromatic heterocycles. The van der Waals surface area contributed by atoms with Crippen LogP contribution in [0.4, 0.5) is 0 Å². The average molecular weight is 327 g/mol. The van der Waals surface area contributed by atoms with Crippen LogP contribution < -0.4 is 9.47 Å². The predicted molar refractivity (Wildman–Crippen MR) is 91.1 cm³/mol. The highest BCUT2D eigenvalue weighted by atomic mass is 16.5. The van der Waals surface area contributed by atoms with Crippen LogP contribution in [0.5, 0.6) is 23.0 Å². The van der Waals surface area contributed by atoms with Crippen LogP contribution in [0.2, 0.25) is 0 Å². The molecule has 0 spiro atoms. The Labute approximate surface area is 141 Å². The van der Waals surface area contributed by atoms with E-state index in [1.54, 1.807) is 13.2 Å². The Kier molecular flexibility index (Phi) is 3.35. The van der Waals surface area contributed by atoms with Gasteiger partial charge in [-0.1, -0.05) is 0 Å². The molecule has 1 aliphatic carbocycles. The maximum atomic E-state index is 10.8. The molecule has 0 radical (unpaired) electrons. The van der Waals surface area contributed by atoms with E-state index >= 15 is 0 Å². The van der Waals surface area contributed by atoms with Crippen molar-refractivity contribution in [3.63, 3.8) is 0 Å². The highest BCUT2D eigenvalue weighted by molar-refractivity contribution is 5.84. The van der Waals surface area contributed by atoms with Gasteiger partial charge in [-0.2, -0.15) is 0 Å². The lowest BCUT2D eigenvalue weighted by Gasteiger charge is -2.38. The second-order valence-electron chi connectivity index (χ2n) is 6.65. The van der Waals surface area contributed by atoms with Crippen LogP contribution >= 0.6 is 0 Å². The molecule has 2 aliphatic rings. The summed E-state index contributed by atoms with van der Waals surface area (Å²) in [4.78, 5) is 2.28. The Morgan fingerprint density at radius 2 is 1.79 bits per heavy atom. The van der Waals surface area contributed by atoms with E-state index in [1.165, 1.54) is 18.2 Å². The molecule has 5 nitrogen and oxygen atoms in total. The van der Waals surface area contributed by atoms with Crippen LogP contribution in [-0.4, -0.2) is 42.9 Å². The molecule has 5 heteroatoms. The molecule has 0 amide bonds. The number of ether oxygens (including phenoxy) is 2. The van der Waals surface area contributed by atoms with Crippen LogP contribution in [0.25, 0.3) is 11.1 Å². The zero-order valence-corrected chi connectivity index (χ0v) is 14.1. The SMILES string of the molecule is COc1cc2c(cc1O)CC1CN(C)Cc3cc(OC)c(O)c-2c31. The lowest BCUT2D eigenvalue weighted by molar-refractivity contribution is 0.276. The molecule has 2 aromatic carbocycles. The average Bonchev–Trinajstić information content (AvgIpc) is 2.55. The summed E-state index contributed by atoms with van der Waals surface area (Å²) in [6.45, 7) is 1.76. The molecule has 0 bridgehead atoms. The number of methoxy groups -OCH3 is 2. The largest absolute Gasteiger partial charge is 0.504 e. The minimum atomic E-state index is 0.131. The van der Waals surface area contributed by atoms with Crippen molar-refractivity contribution in [1.82, 2.24) is 4.90 Å². The Morgan fingerprint density at radius 1 is 1.04 bits per heavy atom. The zero-order valence-electron chi connectivity index (χ0n) is 14.1. The van der Waals surface area contributed by atoms with E-state index in [0.29, 0.717) is 17.4 Å². The number of fused-ring (bicyclic) bond motifs is 2. The molecule has 0 saturated heterocycles. The number of hydrogen-bond acceptors (Lipinski definition) is 5. The first kappa shape index (κ1) is 15.1. The number of phenols is 2. The lowest BCUT2D eigenvalue weighted by Crippen LogP contribution is -2.33. The Balaban J connectivity index is 2.05. The smallest absolute Gasteiger partial charge is 0.165 e. The highest BCUT2D eigenvalue weighted by Gasteiger charge is 2.35. The first-order chi connectivity index (χ1) is 11.5. The molecule has 1 unspecified atom stereocenters. The second kappa shape index (κ2) is 5.31. The maximum Gasteiger partial charge on any atom is 0.165 e. The predicted octanol–water partition coefficient (Wildman–Crippen LogP) is 2.87. The number of aromatic hydroxyl groups is 2. The monoisotopic (exact) mass is 327 g/mol. The zero-order chi connectivity index (χ0) is 17.0. The van der Waals surface area contributed by atoms with Crippen molar-refractivity contribution in [3.8, 4) is 34.1 Å².